The van der Waals surface area contributed by atoms with E-state index >= 15 is 0 Å². The second-order valence-electron chi connectivity index (χ2n) is 4.13. The largest absolute Gasteiger partial charge is 0.325 e. The van der Waals surface area contributed by atoms with E-state index < -0.39 is 0 Å². The number of benzene rings is 1. The number of nitrogens with one attached hydrogen (secondary N) is 1. The van der Waals surface area contributed by atoms with Gasteiger partial charge in [0.15, 0.2) is 0 Å². The average molecular weight is 266 g/mol. The number of aldehydes is 1. The van der Waals surface area contributed by atoms with E-state index in [9.17, 15) is 9.59 Å². The van der Waals surface area contributed by atoms with Gasteiger partial charge in [0, 0.05) is 17.6 Å². The monoisotopic (exact) mass is 266 g/mol. The minimum atomic E-state index is -0.143. The van der Waals surface area contributed by atoms with E-state index in [1.807, 2.05) is 24.3 Å². The van der Waals surface area contributed by atoms with Crippen LogP contribution in [0.25, 0.3) is 6.08 Å². The van der Waals surface area contributed by atoms with Gasteiger partial charge in [-0.3, -0.25) is 14.6 Å². The topological polar surface area (TPSA) is 59.1 Å². The Morgan fingerprint density at radius 2 is 1.95 bits per heavy atom. The van der Waals surface area contributed by atoms with Gasteiger partial charge in [0.05, 0.1) is 6.42 Å². The van der Waals surface area contributed by atoms with Crippen molar-refractivity contribution in [3.05, 3.63) is 66.0 Å². The van der Waals surface area contributed by atoms with Crippen LogP contribution in [0.15, 0.2) is 54.7 Å². The first kappa shape index (κ1) is 13.7. The van der Waals surface area contributed by atoms with Gasteiger partial charge in [0.1, 0.15) is 6.29 Å². The van der Waals surface area contributed by atoms with Crippen molar-refractivity contribution in [2.45, 2.75) is 6.42 Å². The molecule has 0 radical (unpaired) electrons. The number of hydrogen-bond donors (Lipinski definition) is 1. The third-order valence-corrected chi connectivity index (χ3v) is 2.66. The Morgan fingerprint density at radius 3 is 2.70 bits per heavy atom. The SMILES string of the molecule is O=C/C=C/c1ccccc1NC(=O)Cc1ccccn1. The fourth-order valence-corrected chi connectivity index (χ4v) is 1.76. The molecule has 2 rings (SSSR count). The molecule has 0 bridgehead atoms. The minimum absolute atomic E-state index is 0.143. The van der Waals surface area contributed by atoms with Gasteiger partial charge in [-0.05, 0) is 35.9 Å². The van der Waals surface area contributed by atoms with Crippen LogP contribution in [0.2, 0.25) is 0 Å². The Hall–Kier alpha value is -2.75. The fourth-order valence-electron chi connectivity index (χ4n) is 1.76. The number of para-hydroxylation sites is 1. The fraction of sp³-hybridized carbons (Fsp3) is 0.0625. The van der Waals surface area contributed by atoms with Gasteiger partial charge in [0.25, 0.3) is 0 Å². The smallest absolute Gasteiger partial charge is 0.230 e. The number of carbonyl (C=O) groups excluding carboxylic acids is 2. The van der Waals surface area contributed by atoms with Crippen molar-refractivity contribution < 1.29 is 9.59 Å². The van der Waals surface area contributed by atoms with Crippen LogP contribution in [0.5, 0.6) is 0 Å². The number of rotatable bonds is 5. The summed E-state index contributed by atoms with van der Waals surface area (Å²) < 4.78 is 0. The summed E-state index contributed by atoms with van der Waals surface area (Å²) in [4.78, 5) is 26.4. The lowest BCUT2D eigenvalue weighted by Crippen LogP contribution is -2.15. The number of amides is 1. The van der Waals surface area contributed by atoms with E-state index in [1.165, 1.54) is 6.08 Å². The molecular weight excluding hydrogens is 252 g/mol. The summed E-state index contributed by atoms with van der Waals surface area (Å²) in [6, 6.07) is 12.7. The van der Waals surface area contributed by atoms with Crippen molar-refractivity contribution >= 4 is 24.0 Å². The van der Waals surface area contributed by atoms with Gasteiger partial charge < -0.3 is 5.32 Å². The van der Waals surface area contributed by atoms with Gasteiger partial charge in [-0.2, -0.15) is 0 Å². The van der Waals surface area contributed by atoms with Crippen LogP contribution in [0, 0.1) is 0 Å². The third kappa shape index (κ3) is 3.88. The first-order valence-corrected chi connectivity index (χ1v) is 6.20. The summed E-state index contributed by atoms with van der Waals surface area (Å²) >= 11 is 0. The molecule has 4 heteroatoms. The third-order valence-electron chi connectivity index (χ3n) is 2.66. The molecule has 1 aromatic heterocycles. The Balaban J connectivity index is 2.08. The summed E-state index contributed by atoms with van der Waals surface area (Å²) in [5.41, 5.74) is 2.17. The van der Waals surface area contributed by atoms with Crippen molar-refractivity contribution in [2.24, 2.45) is 0 Å². The van der Waals surface area contributed by atoms with Crippen molar-refractivity contribution in [1.29, 1.82) is 0 Å². The lowest BCUT2D eigenvalue weighted by molar-refractivity contribution is -0.115. The summed E-state index contributed by atoms with van der Waals surface area (Å²) in [6.07, 6.45) is 5.62. The highest BCUT2D eigenvalue weighted by atomic mass is 16.1. The maximum atomic E-state index is 12.0. The van der Waals surface area contributed by atoms with Gasteiger partial charge in [-0.15, -0.1) is 0 Å². The highest BCUT2D eigenvalue weighted by Crippen LogP contribution is 2.16. The van der Waals surface area contributed by atoms with Crippen LogP contribution in [-0.2, 0) is 16.0 Å². The standard InChI is InChI=1S/C16H14N2O2/c19-11-5-7-13-6-1-2-9-15(13)18-16(20)12-14-8-3-4-10-17-14/h1-11H,12H2,(H,18,20)/b7-5+. The Morgan fingerprint density at radius 1 is 1.15 bits per heavy atom. The first-order chi connectivity index (χ1) is 9.79. The van der Waals surface area contributed by atoms with Crippen molar-refractivity contribution in [3.63, 3.8) is 0 Å². The predicted molar refractivity (Wildman–Crippen MR) is 78.1 cm³/mol. The number of nitrogens with zero attached hydrogens (tertiary/aromatic N) is 1. The normalized spacial score (nSPS) is 10.4. The number of pyridine rings is 1. The number of carbonyl (C=O) groups is 2. The van der Waals surface area contributed by atoms with E-state index in [1.54, 1.807) is 30.5 Å². The molecule has 0 atom stereocenters. The number of allylic oxidation sites excluding steroid dienone is 1. The van der Waals surface area contributed by atoms with Crippen molar-refractivity contribution in [2.75, 3.05) is 5.32 Å². The molecule has 0 spiro atoms. The summed E-state index contributed by atoms with van der Waals surface area (Å²) in [5, 5.41) is 2.82. The van der Waals surface area contributed by atoms with E-state index in [4.69, 9.17) is 0 Å². The maximum absolute atomic E-state index is 12.0. The molecule has 0 fully saturated rings. The molecule has 20 heavy (non-hydrogen) atoms. The van der Waals surface area contributed by atoms with Crippen molar-refractivity contribution in [3.8, 4) is 0 Å². The van der Waals surface area contributed by atoms with Crippen LogP contribution < -0.4 is 5.32 Å². The molecule has 1 amide bonds. The van der Waals surface area contributed by atoms with Crippen LogP contribution in [0.4, 0.5) is 5.69 Å². The lowest BCUT2D eigenvalue weighted by Gasteiger charge is -2.08. The van der Waals surface area contributed by atoms with Crippen LogP contribution >= 0.6 is 0 Å². The zero-order chi connectivity index (χ0) is 14.2. The average Bonchev–Trinajstić information content (AvgIpc) is 2.47. The minimum Gasteiger partial charge on any atom is -0.325 e. The van der Waals surface area contributed by atoms with Gasteiger partial charge >= 0.3 is 0 Å². The Labute approximate surface area is 117 Å². The number of aromatic nitrogens is 1. The zero-order valence-corrected chi connectivity index (χ0v) is 10.8. The molecule has 0 aliphatic carbocycles. The predicted octanol–water partition coefficient (Wildman–Crippen LogP) is 2.47. The molecule has 0 saturated carbocycles. The molecule has 4 nitrogen and oxygen atoms in total. The Bertz CT molecular complexity index is 621. The quantitative estimate of drug-likeness (QED) is 0.668. The molecule has 2 aromatic rings. The number of anilines is 1. The van der Waals surface area contributed by atoms with Crippen LogP contribution in [-0.4, -0.2) is 17.2 Å². The maximum Gasteiger partial charge on any atom is 0.230 e. The second kappa shape index (κ2) is 6.99. The second-order valence-corrected chi connectivity index (χ2v) is 4.13. The molecule has 0 aliphatic rings. The summed E-state index contributed by atoms with van der Waals surface area (Å²) in [5.74, 6) is -0.143. The van der Waals surface area contributed by atoms with E-state index in [-0.39, 0.29) is 12.3 Å². The van der Waals surface area contributed by atoms with Gasteiger partial charge in [0.2, 0.25) is 5.91 Å². The molecule has 1 heterocycles. The van der Waals surface area contributed by atoms with Crippen LogP contribution in [0.1, 0.15) is 11.3 Å². The van der Waals surface area contributed by atoms with E-state index in [2.05, 4.69) is 10.3 Å². The Kier molecular flexibility index (Phi) is 4.78. The molecule has 1 aromatic carbocycles. The highest BCUT2D eigenvalue weighted by molar-refractivity contribution is 5.94. The van der Waals surface area contributed by atoms with Gasteiger partial charge in [-0.25, -0.2) is 0 Å². The summed E-state index contributed by atoms with van der Waals surface area (Å²) in [7, 11) is 0. The first-order valence-electron chi connectivity index (χ1n) is 6.20. The molecule has 0 unspecified atom stereocenters. The van der Waals surface area contributed by atoms with E-state index in [0.29, 0.717) is 17.7 Å². The van der Waals surface area contributed by atoms with Crippen molar-refractivity contribution in [1.82, 2.24) is 4.98 Å². The molecule has 1 N–H and O–H groups in total. The highest BCUT2D eigenvalue weighted by Gasteiger charge is 2.06. The summed E-state index contributed by atoms with van der Waals surface area (Å²) in [6.45, 7) is 0. The molecular formula is C16H14N2O2. The number of hydrogen-bond acceptors (Lipinski definition) is 3. The van der Waals surface area contributed by atoms with Gasteiger partial charge in [-0.1, -0.05) is 24.3 Å². The molecule has 0 aliphatic heterocycles. The van der Waals surface area contributed by atoms with Crippen LogP contribution in [0.3, 0.4) is 0 Å². The van der Waals surface area contributed by atoms with E-state index in [0.717, 1.165) is 5.56 Å². The zero-order valence-electron chi connectivity index (χ0n) is 10.8. The molecule has 100 valence electrons. The lowest BCUT2D eigenvalue weighted by atomic mass is 10.1. The molecule has 0 saturated heterocycles.